The van der Waals surface area contributed by atoms with Crippen LogP contribution in [-0.4, -0.2) is 41.7 Å². The summed E-state index contributed by atoms with van der Waals surface area (Å²) in [4.78, 5) is 22.6. The Balaban J connectivity index is 2.21. The number of thioether (sulfide) groups is 1. The van der Waals surface area contributed by atoms with Gasteiger partial charge in [-0.05, 0) is 36.2 Å². The van der Waals surface area contributed by atoms with Crippen LogP contribution in [0.25, 0.3) is 0 Å². The number of hydrogen-bond acceptors (Lipinski definition) is 3. The Morgan fingerprint density at radius 3 is 2.63 bits per heavy atom. The molecule has 5 nitrogen and oxygen atoms in total. The standard InChI is InChI=1S/C13H24N2O3S/c1-9(2)5-11(12(16)17)7-15-13(18)14-6-10-3-4-19-8-10/h9-11H,3-8H2,1-2H3,(H,16,17)(H2,14,15,18). The first-order valence-corrected chi connectivity index (χ1v) is 7.96. The van der Waals surface area contributed by atoms with Gasteiger partial charge in [-0.2, -0.15) is 11.8 Å². The molecule has 1 saturated heterocycles. The maximum Gasteiger partial charge on any atom is 0.314 e. The first-order valence-electron chi connectivity index (χ1n) is 6.81. The van der Waals surface area contributed by atoms with Gasteiger partial charge in [0.2, 0.25) is 0 Å². The Labute approximate surface area is 118 Å². The zero-order chi connectivity index (χ0) is 14.3. The second-order valence-electron chi connectivity index (χ2n) is 5.49. The van der Waals surface area contributed by atoms with Crippen LogP contribution in [0.15, 0.2) is 0 Å². The topological polar surface area (TPSA) is 78.4 Å². The Hall–Kier alpha value is -0.910. The molecule has 0 radical (unpaired) electrons. The zero-order valence-corrected chi connectivity index (χ0v) is 12.5. The Morgan fingerprint density at radius 1 is 1.37 bits per heavy atom. The summed E-state index contributed by atoms with van der Waals surface area (Å²) in [6.45, 7) is 4.83. The van der Waals surface area contributed by atoms with Crippen LogP contribution in [0.3, 0.4) is 0 Å². The number of carboxylic acids is 1. The van der Waals surface area contributed by atoms with Gasteiger partial charge < -0.3 is 15.7 Å². The quantitative estimate of drug-likeness (QED) is 0.667. The van der Waals surface area contributed by atoms with Gasteiger partial charge in [-0.3, -0.25) is 4.79 Å². The molecule has 6 heteroatoms. The number of carboxylic acid groups (broad SMARTS) is 1. The number of urea groups is 1. The van der Waals surface area contributed by atoms with E-state index in [2.05, 4.69) is 10.6 Å². The third kappa shape index (κ3) is 6.71. The minimum Gasteiger partial charge on any atom is -0.481 e. The molecule has 1 rings (SSSR count). The molecule has 1 aliphatic heterocycles. The van der Waals surface area contributed by atoms with Gasteiger partial charge in [-0.25, -0.2) is 4.79 Å². The van der Waals surface area contributed by atoms with Gasteiger partial charge >= 0.3 is 12.0 Å². The van der Waals surface area contributed by atoms with Crippen LogP contribution < -0.4 is 10.6 Å². The molecule has 19 heavy (non-hydrogen) atoms. The van der Waals surface area contributed by atoms with E-state index >= 15 is 0 Å². The van der Waals surface area contributed by atoms with E-state index in [1.54, 1.807) is 0 Å². The van der Waals surface area contributed by atoms with Crippen LogP contribution >= 0.6 is 11.8 Å². The summed E-state index contributed by atoms with van der Waals surface area (Å²) in [7, 11) is 0. The highest BCUT2D eigenvalue weighted by Crippen LogP contribution is 2.22. The maximum atomic E-state index is 11.6. The summed E-state index contributed by atoms with van der Waals surface area (Å²) in [6, 6.07) is -0.257. The molecular weight excluding hydrogens is 264 g/mol. The normalized spacial score (nSPS) is 20.3. The number of rotatable bonds is 7. The molecule has 0 aromatic rings. The van der Waals surface area contributed by atoms with Crippen molar-refractivity contribution in [3.63, 3.8) is 0 Å². The second kappa shape index (κ2) is 8.30. The Bertz CT molecular complexity index is 304. The lowest BCUT2D eigenvalue weighted by Crippen LogP contribution is -2.41. The van der Waals surface area contributed by atoms with Gasteiger partial charge in [0.05, 0.1) is 5.92 Å². The lowest BCUT2D eigenvalue weighted by molar-refractivity contribution is -0.142. The first kappa shape index (κ1) is 16.1. The minimum atomic E-state index is -0.846. The molecule has 1 heterocycles. The Kier molecular flexibility index (Phi) is 7.05. The van der Waals surface area contributed by atoms with E-state index in [-0.39, 0.29) is 12.6 Å². The molecule has 0 spiro atoms. The molecule has 0 aliphatic carbocycles. The minimum absolute atomic E-state index is 0.193. The molecule has 0 aromatic heterocycles. The van der Waals surface area contributed by atoms with Crippen LogP contribution in [0, 0.1) is 17.8 Å². The monoisotopic (exact) mass is 288 g/mol. The van der Waals surface area contributed by atoms with Gasteiger partial charge in [0, 0.05) is 13.1 Å². The molecule has 0 saturated carbocycles. The molecule has 3 N–H and O–H groups in total. The number of nitrogens with one attached hydrogen (secondary N) is 2. The van der Waals surface area contributed by atoms with Gasteiger partial charge in [0.1, 0.15) is 0 Å². The van der Waals surface area contributed by atoms with E-state index in [1.807, 2.05) is 25.6 Å². The molecule has 2 atom stereocenters. The van der Waals surface area contributed by atoms with Crippen LogP contribution in [0.2, 0.25) is 0 Å². The van der Waals surface area contributed by atoms with Crippen molar-refractivity contribution in [2.24, 2.45) is 17.8 Å². The van der Waals surface area contributed by atoms with Crippen molar-refractivity contribution in [3.05, 3.63) is 0 Å². The van der Waals surface area contributed by atoms with Crippen molar-refractivity contribution in [3.8, 4) is 0 Å². The summed E-state index contributed by atoms with van der Waals surface area (Å²) in [5.74, 6) is 1.78. The molecule has 110 valence electrons. The van der Waals surface area contributed by atoms with Gasteiger partial charge in [0.25, 0.3) is 0 Å². The highest BCUT2D eigenvalue weighted by atomic mass is 32.2. The van der Waals surface area contributed by atoms with E-state index < -0.39 is 11.9 Å². The average Bonchev–Trinajstić information content (AvgIpc) is 2.84. The molecule has 1 fully saturated rings. The van der Waals surface area contributed by atoms with Gasteiger partial charge in [0.15, 0.2) is 0 Å². The molecule has 2 amide bonds. The van der Waals surface area contributed by atoms with Crippen LogP contribution in [0.1, 0.15) is 26.7 Å². The SMILES string of the molecule is CC(C)CC(CNC(=O)NCC1CCSC1)C(=O)O. The van der Waals surface area contributed by atoms with Crippen molar-refractivity contribution >= 4 is 23.8 Å². The summed E-state index contributed by atoms with van der Waals surface area (Å²) in [6.07, 6.45) is 1.73. The summed E-state index contributed by atoms with van der Waals surface area (Å²) < 4.78 is 0. The van der Waals surface area contributed by atoms with Gasteiger partial charge in [-0.1, -0.05) is 13.8 Å². The largest absolute Gasteiger partial charge is 0.481 e. The third-order valence-corrected chi connectivity index (χ3v) is 4.42. The van der Waals surface area contributed by atoms with Crippen molar-refractivity contribution < 1.29 is 14.7 Å². The van der Waals surface area contributed by atoms with E-state index in [1.165, 1.54) is 5.75 Å². The maximum absolute atomic E-state index is 11.6. The lowest BCUT2D eigenvalue weighted by atomic mass is 9.97. The fourth-order valence-corrected chi connectivity index (χ4v) is 3.38. The molecule has 0 aromatic carbocycles. The van der Waals surface area contributed by atoms with Crippen molar-refractivity contribution in [2.45, 2.75) is 26.7 Å². The fourth-order valence-electron chi connectivity index (χ4n) is 2.10. The smallest absolute Gasteiger partial charge is 0.314 e. The van der Waals surface area contributed by atoms with Crippen LogP contribution in [0.4, 0.5) is 4.79 Å². The summed E-state index contributed by atoms with van der Waals surface area (Å²) >= 11 is 1.91. The van der Waals surface area contributed by atoms with Gasteiger partial charge in [-0.15, -0.1) is 0 Å². The summed E-state index contributed by atoms with van der Waals surface area (Å²) in [5.41, 5.74) is 0. The lowest BCUT2D eigenvalue weighted by Gasteiger charge is -2.16. The number of hydrogen-bond donors (Lipinski definition) is 3. The van der Waals surface area contributed by atoms with E-state index in [4.69, 9.17) is 5.11 Å². The van der Waals surface area contributed by atoms with Crippen LogP contribution in [0.5, 0.6) is 0 Å². The predicted octanol–water partition coefficient (Wildman–Crippen LogP) is 1.79. The highest BCUT2D eigenvalue weighted by molar-refractivity contribution is 7.99. The van der Waals surface area contributed by atoms with Crippen molar-refractivity contribution in [2.75, 3.05) is 24.6 Å². The number of carbonyl (C=O) groups excluding carboxylic acids is 1. The van der Waals surface area contributed by atoms with E-state index in [9.17, 15) is 9.59 Å². The molecule has 1 aliphatic rings. The second-order valence-corrected chi connectivity index (χ2v) is 6.64. The fraction of sp³-hybridized carbons (Fsp3) is 0.846. The average molecular weight is 288 g/mol. The number of aliphatic carboxylic acids is 1. The van der Waals surface area contributed by atoms with Crippen LogP contribution in [-0.2, 0) is 4.79 Å². The highest BCUT2D eigenvalue weighted by Gasteiger charge is 2.20. The zero-order valence-electron chi connectivity index (χ0n) is 11.6. The third-order valence-electron chi connectivity index (χ3n) is 3.19. The molecule has 0 bridgehead atoms. The molecular formula is C13H24N2O3S. The first-order chi connectivity index (χ1) is 8.99. The predicted molar refractivity (Wildman–Crippen MR) is 77.4 cm³/mol. The number of amides is 2. The van der Waals surface area contributed by atoms with Crippen molar-refractivity contribution in [1.29, 1.82) is 0 Å². The molecule has 2 unspecified atom stereocenters. The van der Waals surface area contributed by atoms with Crippen molar-refractivity contribution in [1.82, 2.24) is 10.6 Å². The number of carbonyl (C=O) groups is 2. The van der Waals surface area contributed by atoms with E-state index in [0.29, 0.717) is 24.8 Å². The Morgan fingerprint density at radius 2 is 2.11 bits per heavy atom. The summed E-state index contributed by atoms with van der Waals surface area (Å²) in [5, 5.41) is 14.5. The van der Waals surface area contributed by atoms with E-state index in [0.717, 1.165) is 12.2 Å².